The molecule has 0 saturated carbocycles. The largest absolute Gasteiger partial charge is 0.297 e. The van der Waals surface area contributed by atoms with Crippen molar-refractivity contribution < 1.29 is 15.3 Å². The van der Waals surface area contributed by atoms with Gasteiger partial charge < -0.3 is 0 Å². The predicted molar refractivity (Wildman–Crippen MR) is 28.4 cm³/mol. The molecular formula is C2H6ClNO2S. The molecule has 0 spiro atoms. The van der Waals surface area contributed by atoms with Gasteiger partial charge in [-0.25, -0.2) is 4.72 Å². The van der Waals surface area contributed by atoms with Gasteiger partial charge in [-0.1, -0.05) is 6.85 Å². The maximum absolute atomic E-state index is 10.3. The van der Waals surface area contributed by atoms with Gasteiger partial charge in [0.05, 0.1) is 0 Å². The summed E-state index contributed by atoms with van der Waals surface area (Å²) >= 11 is 0. The summed E-state index contributed by atoms with van der Waals surface area (Å²) < 4.78 is 54.9. The summed E-state index contributed by atoms with van der Waals surface area (Å²) in [5.74, 6) is 0. The molecule has 5 heteroatoms. The Balaban J connectivity index is 4.67. The molecule has 0 saturated heterocycles. The fourth-order valence-corrected chi connectivity index (χ4v) is 0.299. The fourth-order valence-electron chi connectivity index (χ4n) is 0.0610. The molecule has 0 aliphatic rings. The Labute approximate surface area is 54.2 Å². The third-order valence-corrected chi connectivity index (χ3v) is 0.750. The van der Waals surface area contributed by atoms with E-state index in [0.29, 0.717) is 0 Å². The van der Waals surface area contributed by atoms with Crippen molar-refractivity contribution in [2.75, 3.05) is 6.50 Å². The quantitative estimate of drug-likeness (QED) is 0.564. The number of hydrogen-bond acceptors (Lipinski definition) is 2. The number of nitrogens with one attached hydrogen (secondary N) is 1. The smallest absolute Gasteiger partial charge is 0.202 e. The monoisotopic (exact) mass is 148 g/mol. The van der Waals surface area contributed by atoms with Gasteiger partial charge in [0.1, 0.15) is 0 Å². The van der Waals surface area contributed by atoms with Crippen molar-refractivity contribution in [2.45, 2.75) is 6.85 Å². The Bertz CT molecular complexity index is 257. The standard InChI is InChI=1S/C2H6ClNO2S/c1-2-4-7(3,5)6/h4H,2H2,1H3/i1D3,2D2. The van der Waals surface area contributed by atoms with Gasteiger partial charge in [0.15, 0.2) is 0 Å². The summed E-state index contributed by atoms with van der Waals surface area (Å²) in [6.07, 6.45) is 0. The minimum absolute atomic E-state index is 1.14. The molecule has 0 aromatic heterocycles. The molecule has 0 bridgehead atoms. The average Bonchev–Trinajstić information content (AvgIpc) is 1.52. The Kier molecular flexibility index (Phi) is 0.786. The SMILES string of the molecule is [2H]C([2H])([2H])C([2H])([2H])NS(=O)(=O)Cl. The van der Waals surface area contributed by atoms with Gasteiger partial charge in [-0.3, -0.25) is 0 Å². The Hall–Kier alpha value is 0.200. The van der Waals surface area contributed by atoms with E-state index in [0.717, 1.165) is 4.72 Å². The summed E-state index contributed by atoms with van der Waals surface area (Å²) in [6.45, 7) is -6.14. The van der Waals surface area contributed by atoms with Gasteiger partial charge in [0.25, 0.3) is 9.24 Å². The van der Waals surface area contributed by atoms with Crippen molar-refractivity contribution in [3.63, 3.8) is 0 Å². The van der Waals surface area contributed by atoms with Gasteiger partial charge in [-0.2, -0.15) is 8.42 Å². The molecule has 0 fully saturated rings. The van der Waals surface area contributed by atoms with E-state index in [1.165, 1.54) is 0 Å². The molecular weight excluding hydrogens is 138 g/mol. The van der Waals surface area contributed by atoms with Crippen LogP contribution in [0.4, 0.5) is 0 Å². The molecule has 0 amide bonds. The van der Waals surface area contributed by atoms with Crippen LogP contribution in [0.5, 0.6) is 0 Å². The van der Waals surface area contributed by atoms with Crippen LogP contribution < -0.4 is 4.72 Å². The van der Waals surface area contributed by atoms with Crippen LogP contribution in [0.1, 0.15) is 13.7 Å². The Morgan fingerprint density at radius 1 is 2.14 bits per heavy atom. The lowest BCUT2D eigenvalue weighted by Crippen LogP contribution is -2.16. The first-order valence-corrected chi connectivity index (χ1v) is 3.50. The van der Waals surface area contributed by atoms with Gasteiger partial charge >= 0.3 is 0 Å². The lowest BCUT2D eigenvalue weighted by molar-refractivity contribution is 0.598. The minimum atomic E-state index is -4.38. The predicted octanol–water partition coefficient (Wildman–Crippen LogP) is 0.0795. The number of halogens is 1. The molecule has 0 aliphatic carbocycles. The molecule has 1 N–H and O–H groups in total. The van der Waals surface area contributed by atoms with E-state index >= 15 is 0 Å². The summed E-state index contributed by atoms with van der Waals surface area (Å²) in [4.78, 5) is 0. The first-order chi connectivity index (χ1) is 4.96. The highest BCUT2D eigenvalue weighted by Gasteiger charge is 1.96. The second-order valence-electron chi connectivity index (χ2n) is 0.665. The van der Waals surface area contributed by atoms with Gasteiger partial charge in [-0.05, 0) is 0 Å². The van der Waals surface area contributed by atoms with Crippen LogP contribution >= 0.6 is 10.7 Å². The van der Waals surface area contributed by atoms with E-state index in [1.54, 1.807) is 0 Å². The van der Waals surface area contributed by atoms with Crippen molar-refractivity contribution in [3.05, 3.63) is 0 Å². The molecule has 0 rings (SSSR count). The zero-order chi connectivity index (χ0) is 10.2. The first-order valence-electron chi connectivity index (χ1n) is 3.69. The van der Waals surface area contributed by atoms with Crippen LogP contribution in [0.2, 0.25) is 0 Å². The van der Waals surface area contributed by atoms with Crippen LogP contribution in [-0.2, 0) is 9.24 Å². The summed E-state index contributed by atoms with van der Waals surface area (Å²) in [5, 5.41) is 0. The van der Waals surface area contributed by atoms with E-state index in [4.69, 9.17) is 6.85 Å². The van der Waals surface area contributed by atoms with E-state index in [9.17, 15) is 8.42 Å². The third-order valence-electron chi connectivity index (χ3n) is 0.173. The minimum Gasteiger partial charge on any atom is -0.202 e. The molecule has 0 radical (unpaired) electrons. The third kappa shape index (κ3) is 6.20. The second-order valence-corrected chi connectivity index (χ2v) is 2.96. The van der Waals surface area contributed by atoms with Crippen molar-refractivity contribution >= 4 is 19.9 Å². The molecule has 0 aromatic rings. The highest BCUT2D eigenvalue weighted by atomic mass is 35.7. The fraction of sp³-hybridized carbons (Fsp3) is 1.00. The summed E-state index contributed by atoms with van der Waals surface area (Å²) in [7, 11) is 0.217. The lowest BCUT2D eigenvalue weighted by Gasteiger charge is -1.88. The molecule has 7 heavy (non-hydrogen) atoms. The summed E-state index contributed by atoms with van der Waals surface area (Å²) in [5.41, 5.74) is 0. The van der Waals surface area contributed by atoms with Crippen molar-refractivity contribution in [3.8, 4) is 0 Å². The van der Waals surface area contributed by atoms with Gasteiger partial charge in [0.2, 0.25) is 0 Å². The molecule has 44 valence electrons. The normalized spacial score (nSPS) is 26.1. The van der Waals surface area contributed by atoms with E-state index in [1.807, 2.05) is 0 Å². The highest BCUT2D eigenvalue weighted by Crippen LogP contribution is 1.85. The van der Waals surface area contributed by atoms with Crippen LogP contribution in [0.15, 0.2) is 0 Å². The molecule has 0 aliphatic heterocycles. The highest BCUT2D eigenvalue weighted by molar-refractivity contribution is 8.12. The van der Waals surface area contributed by atoms with Crippen LogP contribution in [0.25, 0.3) is 0 Å². The van der Waals surface area contributed by atoms with Crippen LogP contribution in [0.3, 0.4) is 0 Å². The Morgan fingerprint density at radius 2 is 2.71 bits per heavy atom. The van der Waals surface area contributed by atoms with E-state index < -0.39 is 22.6 Å². The summed E-state index contributed by atoms with van der Waals surface area (Å²) in [6, 6.07) is 0. The van der Waals surface area contributed by atoms with E-state index in [2.05, 4.69) is 10.7 Å². The molecule has 0 unspecified atom stereocenters. The van der Waals surface area contributed by atoms with Crippen molar-refractivity contribution in [2.24, 2.45) is 0 Å². The van der Waals surface area contributed by atoms with Gasteiger partial charge in [0, 0.05) is 24.0 Å². The van der Waals surface area contributed by atoms with E-state index in [-0.39, 0.29) is 0 Å². The maximum Gasteiger partial charge on any atom is 0.297 e. The maximum atomic E-state index is 10.3. The molecule has 0 aromatic carbocycles. The first kappa shape index (κ1) is 2.21. The second kappa shape index (κ2) is 2.49. The Morgan fingerprint density at radius 3 is 2.86 bits per heavy atom. The van der Waals surface area contributed by atoms with Crippen LogP contribution in [0, 0.1) is 0 Å². The van der Waals surface area contributed by atoms with Crippen molar-refractivity contribution in [1.82, 2.24) is 4.72 Å². The molecule has 0 atom stereocenters. The van der Waals surface area contributed by atoms with Gasteiger partial charge in [-0.15, -0.1) is 0 Å². The lowest BCUT2D eigenvalue weighted by atomic mass is 10.8. The molecule has 0 heterocycles. The zero-order valence-corrected chi connectivity index (χ0v) is 4.68. The van der Waals surface area contributed by atoms with Crippen molar-refractivity contribution in [1.29, 1.82) is 0 Å². The topological polar surface area (TPSA) is 46.2 Å². The average molecular weight is 149 g/mol. The number of rotatable bonds is 2. The van der Waals surface area contributed by atoms with Crippen LogP contribution in [-0.4, -0.2) is 14.9 Å². The number of hydrogen-bond donors (Lipinski definition) is 1. The zero-order valence-electron chi connectivity index (χ0n) is 8.10. The molecule has 3 nitrogen and oxygen atoms in total.